The quantitative estimate of drug-likeness (QED) is 0.928. The van der Waals surface area contributed by atoms with Crippen LogP contribution in [0.1, 0.15) is 24.1 Å². The Bertz CT molecular complexity index is 610. The summed E-state index contributed by atoms with van der Waals surface area (Å²) in [4.78, 5) is 0. The lowest BCUT2D eigenvalue weighted by atomic mass is 10.1. The van der Waals surface area contributed by atoms with E-state index in [1.165, 1.54) is 0 Å². The lowest BCUT2D eigenvalue weighted by Crippen LogP contribution is -2.07. The fourth-order valence-corrected chi connectivity index (χ4v) is 2.18. The fraction of sp³-hybridized carbons (Fsp3) is 0.250. The summed E-state index contributed by atoms with van der Waals surface area (Å²) in [6, 6.07) is 13.6. The number of fused-ring (bicyclic) bond motifs is 1. The molecular weight excluding hydrogens is 254 g/mol. The van der Waals surface area contributed by atoms with Crippen LogP contribution < -0.4 is 19.9 Å². The maximum absolute atomic E-state index is 5.94. The molecule has 2 aromatic rings. The Balaban J connectivity index is 1.74. The van der Waals surface area contributed by atoms with Crippen LogP contribution in [0.4, 0.5) is 0 Å². The summed E-state index contributed by atoms with van der Waals surface area (Å²) < 4.78 is 16.5. The molecule has 0 saturated heterocycles. The Morgan fingerprint density at radius 1 is 1.15 bits per heavy atom. The Kier molecular flexibility index (Phi) is 3.48. The average molecular weight is 271 g/mol. The van der Waals surface area contributed by atoms with Gasteiger partial charge in [0.2, 0.25) is 6.79 Å². The van der Waals surface area contributed by atoms with E-state index < -0.39 is 0 Å². The second-order valence-electron chi connectivity index (χ2n) is 4.80. The van der Waals surface area contributed by atoms with Gasteiger partial charge < -0.3 is 19.9 Å². The van der Waals surface area contributed by atoms with Crippen LogP contribution in [0.5, 0.6) is 17.2 Å². The van der Waals surface area contributed by atoms with Gasteiger partial charge in [-0.05, 0) is 30.7 Å². The molecular formula is C16H17NO3. The van der Waals surface area contributed by atoms with Crippen LogP contribution in [0.25, 0.3) is 0 Å². The lowest BCUT2D eigenvalue weighted by molar-refractivity contribution is 0.174. The van der Waals surface area contributed by atoms with Gasteiger partial charge in [-0.2, -0.15) is 0 Å². The van der Waals surface area contributed by atoms with Crippen molar-refractivity contribution in [2.75, 3.05) is 6.79 Å². The fourth-order valence-electron chi connectivity index (χ4n) is 2.18. The Labute approximate surface area is 118 Å². The molecule has 2 N–H and O–H groups in total. The molecule has 0 fully saturated rings. The summed E-state index contributed by atoms with van der Waals surface area (Å²) in [7, 11) is 0. The Morgan fingerprint density at radius 2 is 1.95 bits per heavy atom. The highest BCUT2D eigenvalue weighted by molar-refractivity contribution is 5.44. The van der Waals surface area contributed by atoms with Gasteiger partial charge in [0.05, 0.1) is 0 Å². The molecule has 104 valence electrons. The van der Waals surface area contributed by atoms with Gasteiger partial charge in [-0.25, -0.2) is 0 Å². The molecule has 0 aromatic heterocycles. The first-order valence-electron chi connectivity index (χ1n) is 6.60. The van der Waals surface area contributed by atoms with Crippen LogP contribution in [0, 0.1) is 0 Å². The first kappa shape index (κ1) is 12.8. The maximum atomic E-state index is 5.94. The summed E-state index contributed by atoms with van der Waals surface area (Å²) in [5.41, 5.74) is 7.98. The van der Waals surface area contributed by atoms with Crippen molar-refractivity contribution < 1.29 is 14.2 Å². The molecule has 1 heterocycles. The molecule has 0 spiro atoms. The number of hydrogen-bond acceptors (Lipinski definition) is 4. The number of para-hydroxylation sites is 1. The molecule has 2 aromatic carbocycles. The van der Waals surface area contributed by atoms with E-state index in [2.05, 4.69) is 0 Å². The molecule has 0 amide bonds. The van der Waals surface area contributed by atoms with E-state index in [4.69, 9.17) is 19.9 Å². The number of ether oxygens (including phenoxy) is 3. The van der Waals surface area contributed by atoms with Crippen LogP contribution in [-0.2, 0) is 6.61 Å². The maximum Gasteiger partial charge on any atom is 0.231 e. The van der Waals surface area contributed by atoms with E-state index >= 15 is 0 Å². The largest absolute Gasteiger partial charge is 0.489 e. The third-order valence-corrected chi connectivity index (χ3v) is 3.24. The highest BCUT2D eigenvalue weighted by atomic mass is 16.7. The number of benzene rings is 2. The Morgan fingerprint density at radius 3 is 2.80 bits per heavy atom. The minimum absolute atomic E-state index is 0.0528. The molecule has 1 aliphatic heterocycles. The zero-order valence-corrected chi connectivity index (χ0v) is 11.3. The first-order valence-corrected chi connectivity index (χ1v) is 6.60. The van der Waals surface area contributed by atoms with Gasteiger partial charge in [0.25, 0.3) is 0 Å². The molecule has 4 heteroatoms. The molecule has 0 unspecified atom stereocenters. The first-order chi connectivity index (χ1) is 9.74. The molecule has 4 nitrogen and oxygen atoms in total. The van der Waals surface area contributed by atoms with E-state index in [0.717, 1.165) is 28.4 Å². The minimum atomic E-state index is -0.0528. The molecule has 1 aliphatic rings. The van der Waals surface area contributed by atoms with E-state index in [-0.39, 0.29) is 12.8 Å². The van der Waals surface area contributed by atoms with Crippen molar-refractivity contribution in [3.8, 4) is 17.2 Å². The topological polar surface area (TPSA) is 53.7 Å². The van der Waals surface area contributed by atoms with Crippen molar-refractivity contribution in [3.63, 3.8) is 0 Å². The molecule has 0 bridgehead atoms. The van der Waals surface area contributed by atoms with Crippen LogP contribution in [0.3, 0.4) is 0 Å². The zero-order chi connectivity index (χ0) is 13.9. The molecule has 1 atom stereocenters. The molecule has 0 aliphatic carbocycles. The Hall–Kier alpha value is -2.20. The van der Waals surface area contributed by atoms with Gasteiger partial charge in [-0.3, -0.25) is 0 Å². The van der Waals surface area contributed by atoms with Crippen LogP contribution in [-0.4, -0.2) is 6.79 Å². The summed E-state index contributed by atoms with van der Waals surface area (Å²) in [5, 5.41) is 0. The van der Waals surface area contributed by atoms with Crippen LogP contribution in [0.15, 0.2) is 42.5 Å². The normalized spacial score (nSPS) is 14.1. The zero-order valence-electron chi connectivity index (χ0n) is 11.3. The summed E-state index contributed by atoms with van der Waals surface area (Å²) >= 11 is 0. The summed E-state index contributed by atoms with van der Waals surface area (Å²) in [6.45, 7) is 2.70. The second-order valence-corrected chi connectivity index (χ2v) is 4.80. The van der Waals surface area contributed by atoms with Crippen molar-refractivity contribution in [1.29, 1.82) is 0 Å². The monoisotopic (exact) mass is 271 g/mol. The average Bonchev–Trinajstić information content (AvgIpc) is 2.92. The molecule has 20 heavy (non-hydrogen) atoms. The van der Waals surface area contributed by atoms with Crippen molar-refractivity contribution >= 4 is 0 Å². The van der Waals surface area contributed by atoms with Gasteiger partial charge >= 0.3 is 0 Å². The van der Waals surface area contributed by atoms with Crippen molar-refractivity contribution in [1.82, 2.24) is 0 Å². The SMILES string of the molecule is C[C@H](N)c1ccccc1OCc1ccc2c(c1)OCO2. The van der Waals surface area contributed by atoms with Gasteiger partial charge in [-0.15, -0.1) is 0 Å². The number of rotatable bonds is 4. The van der Waals surface area contributed by atoms with Crippen LogP contribution in [0.2, 0.25) is 0 Å². The third-order valence-electron chi connectivity index (χ3n) is 3.24. The van der Waals surface area contributed by atoms with Gasteiger partial charge in [0.1, 0.15) is 12.4 Å². The molecule has 0 saturated carbocycles. The van der Waals surface area contributed by atoms with Gasteiger partial charge in [0.15, 0.2) is 11.5 Å². The smallest absolute Gasteiger partial charge is 0.231 e. The highest BCUT2D eigenvalue weighted by Gasteiger charge is 2.13. The predicted octanol–water partition coefficient (Wildman–Crippen LogP) is 3.01. The lowest BCUT2D eigenvalue weighted by Gasteiger charge is -2.14. The van der Waals surface area contributed by atoms with E-state index in [1.807, 2.05) is 49.4 Å². The van der Waals surface area contributed by atoms with E-state index in [0.29, 0.717) is 6.61 Å². The summed E-state index contributed by atoms with van der Waals surface area (Å²) in [5.74, 6) is 2.37. The third kappa shape index (κ3) is 2.56. The molecule has 3 rings (SSSR count). The number of nitrogens with two attached hydrogens (primary N) is 1. The number of hydrogen-bond donors (Lipinski definition) is 1. The van der Waals surface area contributed by atoms with Crippen LogP contribution >= 0.6 is 0 Å². The van der Waals surface area contributed by atoms with Gasteiger partial charge in [0, 0.05) is 11.6 Å². The standard InChI is InChI=1S/C16H17NO3/c1-11(17)13-4-2-3-5-14(13)18-9-12-6-7-15-16(8-12)20-10-19-15/h2-8,11H,9-10,17H2,1H3/t11-/m0/s1. The predicted molar refractivity (Wildman–Crippen MR) is 75.9 cm³/mol. The van der Waals surface area contributed by atoms with Crippen molar-refractivity contribution in [3.05, 3.63) is 53.6 Å². The molecule has 0 radical (unpaired) electrons. The minimum Gasteiger partial charge on any atom is -0.489 e. The van der Waals surface area contributed by atoms with Crippen molar-refractivity contribution in [2.24, 2.45) is 5.73 Å². The van der Waals surface area contributed by atoms with Gasteiger partial charge in [-0.1, -0.05) is 24.3 Å². The van der Waals surface area contributed by atoms with E-state index in [1.54, 1.807) is 0 Å². The second kappa shape index (κ2) is 5.43. The van der Waals surface area contributed by atoms with E-state index in [9.17, 15) is 0 Å². The highest BCUT2D eigenvalue weighted by Crippen LogP contribution is 2.33. The summed E-state index contributed by atoms with van der Waals surface area (Å²) in [6.07, 6.45) is 0. The van der Waals surface area contributed by atoms with Crippen molar-refractivity contribution in [2.45, 2.75) is 19.6 Å².